The van der Waals surface area contributed by atoms with E-state index in [0.717, 1.165) is 4.88 Å². The Balaban J connectivity index is 1.63. The molecule has 9 heteroatoms. The summed E-state index contributed by atoms with van der Waals surface area (Å²) in [5, 5.41) is 4.56. The van der Waals surface area contributed by atoms with E-state index in [-0.39, 0.29) is 29.0 Å². The van der Waals surface area contributed by atoms with Gasteiger partial charge in [-0.15, -0.1) is 22.7 Å². The van der Waals surface area contributed by atoms with E-state index in [0.29, 0.717) is 15.4 Å². The first-order valence-electron chi connectivity index (χ1n) is 8.84. The van der Waals surface area contributed by atoms with Gasteiger partial charge in [-0.3, -0.25) is 9.59 Å². The number of sulfonamides is 1. The van der Waals surface area contributed by atoms with Crippen LogP contribution < -0.4 is 10.0 Å². The second-order valence-corrected chi connectivity index (χ2v) is 10.4. The van der Waals surface area contributed by atoms with Gasteiger partial charge in [-0.2, -0.15) is 0 Å². The maximum absolute atomic E-state index is 12.5. The molecule has 0 bridgehead atoms. The molecular weight excluding hydrogens is 428 g/mol. The molecule has 0 unspecified atom stereocenters. The summed E-state index contributed by atoms with van der Waals surface area (Å²) >= 11 is 2.65. The van der Waals surface area contributed by atoms with Crippen molar-refractivity contribution < 1.29 is 18.0 Å². The van der Waals surface area contributed by atoms with Crippen LogP contribution in [0.15, 0.2) is 58.8 Å². The fourth-order valence-corrected chi connectivity index (χ4v) is 5.12. The number of carbonyl (C=O) groups is 2. The van der Waals surface area contributed by atoms with Gasteiger partial charge in [0.05, 0.1) is 14.6 Å². The molecule has 0 saturated carbocycles. The van der Waals surface area contributed by atoms with Crippen molar-refractivity contribution in [1.29, 1.82) is 0 Å². The normalized spacial score (nSPS) is 11.6. The number of thiophene rings is 2. The van der Waals surface area contributed by atoms with Gasteiger partial charge in [-0.05, 0) is 47.8 Å². The number of amides is 1. The van der Waals surface area contributed by atoms with E-state index in [2.05, 4.69) is 10.0 Å². The van der Waals surface area contributed by atoms with Crippen LogP contribution in [0.2, 0.25) is 0 Å². The van der Waals surface area contributed by atoms with Gasteiger partial charge in [0.25, 0.3) is 0 Å². The summed E-state index contributed by atoms with van der Waals surface area (Å²) in [5.41, 5.74) is 0.539. The molecule has 29 heavy (non-hydrogen) atoms. The van der Waals surface area contributed by atoms with Gasteiger partial charge < -0.3 is 5.32 Å². The predicted octanol–water partition coefficient (Wildman–Crippen LogP) is 4.11. The van der Waals surface area contributed by atoms with Crippen LogP contribution in [0.25, 0.3) is 0 Å². The maximum Gasteiger partial charge on any atom is 0.240 e. The van der Waals surface area contributed by atoms with Crippen molar-refractivity contribution in [3.8, 4) is 0 Å². The highest BCUT2D eigenvalue weighted by molar-refractivity contribution is 7.89. The van der Waals surface area contributed by atoms with Crippen LogP contribution >= 0.6 is 22.7 Å². The Hall–Kier alpha value is -2.33. The molecule has 0 saturated heterocycles. The van der Waals surface area contributed by atoms with Gasteiger partial charge in [0, 0.05) is 23.0 Å². The standard InChI is InChI=1S/C20H20N2O4S3/c1-13(2)20(24)22-14-5-8-16(9-6-14)29(25,26)21-12-15-7-10-18(28-15)19(23)17-4-3-11-27-17/h3-11,13,21H,12H2,1-2H3,(H,22,24). The van der Waals surface area contributed by atoms with Crippen LogP contribution in [0.4, 0.5) is 5.69 Å². The maximum atomic E-state index is 12.5. The second-order valence-electron chi connectivity index (χ2n) is 6.57. The Bertz CT molecular complexity index is 1100. The van der Waals surface area contributed by atoms with Crippen molar-refractivity contribution in [2.24, 2.45) is 5.92 Å². The molecule has 0 aliphatic carbocycles. The van der Waals surface area contributed by atoms with Crippen molar-refractivity contribution in [1.82, 2.24) is 4.72 Å². The molecule has 3 rings (SSSR count). The summed E-state index contributed by atoms with van der Waals surface area (Å²) < 4.78 is 27.6. The Morgan fingerprint density at radius 3 is 2.34 bits per heavy atom. The molecule has 0 spiro atoms. The Labute approximate surface area is 177 Å². The molecule has 0 fully saturated rings. The molecule has 0 radical (unpaired) electrons. The lowest BCUT2D eigenvalue weighted by Gasteiger charge is -2.09. The first-order valence-corrected chi connectivity index (χ1v) is 12.0. The smallest absolute Gasteiger partial charge is 0.240 e. The lowest BCUT2D eigenvalue weighted by atomic mass is 10.2. The lowest BCUT2D eigenvalue weighted by molar-refractivity contribution is -0.118. The third-order valence-electron chi connectivity index (χ3n) is 4.02. The largest absolute Gasteiger partial charge is 0.326 e. The Kier molecular flexibility index (Phi) is 6.63. The lowest BCUT2D eigenvalue weighted by Crippen LogP contribution is -2.23. The molecule has 152 valence electrons. The van der Waals surface area contributed by atoms with Crippen molar-refractivity contribution in [3.05, 3.63) is 68.5 Å². The number of carbonyl (C=O) groups excluding carboxylic acids is 2. The molecule has 2 aromatic heterocycles. The van der Waals surface area contributed by atoms with Gasteiger partial charge >= 0.3 is 0 Å². The number of anilines is 1. The van der Waals surface area contributed by atoms with E-state index in [1.807, 2.05) is 11.4 Å². The third-order valence-corrected chi connectivity index (χ3v) is 7.39. The van der Waals surface area contributed by atoms with Gasteiger partial charge in [0.1, 0.15) is 0 Å². The van der Waals surface area contributed by atoms with Crippen molar-refractivity contribution >= 4 is 50.1 Å². The number of benzene rings is 1. The van der Waals surface area contributed by atoms with E-state index >= 15 is 0 Å². The minimum absolute atomic E-state index is 0.0573. The summed E-state index contributed by atoms with van der Waals surface area (Å²) in [6.07, 6.45) is 0. The monoisotopic (exact) mass is 448 g/mol. The molecular formula is C20H20N2O4S3. The molecule has 6 nitrogen and oxygen atoms in total. The highest BCUT2D eigenvalue weighted by atomic mass is 32.2. The summed E-state index contributed by atoms with van der Waals surface area (Å²) in [4.78, 5) is 26.1. The van der Waals surface area contributed by atoms with Crippen LogP contribution in [-0.4, -0.2) is 20.1 Å². The molecule has 1 amide bonds. The second kappa shape index (κ2) is 9.00. The summed E-state index contributed by atoms with van der Waals surface area (Å²) in [5.74, 6) is -0.357. The highest BCUT2D eigenvalue weighted by Crippen LogP contribution is 2.23. The van der Waals surface area contributed by atoms with Gasteiger partial charge in [0.15, 0.2) is 0 Å². The summed E-state index contributed by atoms with van der Waals surface area (Å²) in [7, 11) is -3.71. The number of ketones is 1. The van der Waals surface area contributed by atoms with E-state index in [1.165, 1.54) is 34.8 Å². The summed E-state index contributed by atoms with van der Waals surface area (Å²) in [6.45, 7) is 3.65. The predicted molar refractivity (Wildman–Crippen MR) is 116 cm³/mol. The van der Waals surface area contributed by atoms with Gasteiger partial charge in [-0.1, -0.05) is 19.9 Å². The molecule has 2 heterocycles. The van der Waals surface area contributed by atoms with E-state index in [1.54, 1.807) is 44.2 Å². The Morgan fingerprint density at radius 2 is 1.72 bits per heavy atom. The topological polar surface area (TPSA) is 92.3 Å². The Morgan fingerprint density at radius 1 is 1.00 bits per heavy atom. The van der Waals surface area contributed by atoms with Crippen LogP contribution in [-0.2, 0) is 21.4 Å². The first-order chi connectivity index (χ1) is 13.8. The quantitative estimate of drug-likeness (QED) is 0.507. The first kappa shape index (κ1) is 21.4. The zero-order valence-electron chi connectivity index (χ0n) is 15.8. The zero-order chi connectivity index (χ0) is 21.0. The van der Waals surface area contributed by atoms with Crippen LogP contribution in [0, 0.1) is 5.92 Å². The molecule has 2 N–H and O–H groups in total. The number of hydrogen-bond acceptors (Lipinski definition) is 6. The van der Waals surface area contributed by atoms with Gasteiger partial charge in [0.2, 0.25) is 21.7 Å². The molecule has 0 atom stereocenters. The average molecular weight is 449 g/mol. The minimum atomic E-state index is -3.71. The van der Waals surface area contributed by atoms with Crippen LogP contribution in [0.3, 0.4) is 0 Å². The molecule has 1 aromatic carbocycles. The molecule has 0 aliphatic heterocycles. The van der Waals surface area contributed by atoms with Crippen molar-refractivity contribution in [2.45, 2.75) is 25.3 Å². The van der Waals surface area contributed by atoms with E-state index in [4.69, 9.17) is 0 Å². The molecule has 3 aromatic rings. The van der Waals surface area contributed by atoms with Crippen molar-refractivity contribution in [2.75, 3.05) is 5.32 Å². The zero-order valence-corrected chi connectivity index (χ0v) is 18.3. The average Bonchev–Trinajstić information content (AvgIpc) is 3.38. The minimum Gasteiger partial charge on any atom is -0.326 e. The van der Waals surface area contributed by atoms with E-state index < -0.39 is 10.0 Å². The fourth-order valence-electron chi connectivity index (χ4n) is 2.38. The number of rotatable bonds is 8. The van der Waals surface area contributed by atoms with Crippen LogP contribution in [0.1, 0.15) is 33.3 Å². The van der Waals surface area contributed by atoms with Gasteiger partial charge in [-0.25, -0.2) is 13.1 Å². The third kappa shape index (κ3) is 5.39. The summed E-state index contributed by atoms with van der Waals surface area (Å²) in [6, 6.07) is 13.0. The van der Waals surface area contributed by atoms with E-state index in [9.17, 15) is 18.0 Å². The van der Waals surface area contributed by atoms with Crippen molar-refractivity contribution in [3.63, 3.8) is 0 Å². The highest BCUT2D eigenvalue weighted by Gasteiger charge is 2.17. The number of hydrogen-bond donors (Lipinski definition) is 2. The fraction of sp³-hybridized carbons (Fsp3) is 0.200. The SMILES string of the molecule is CC(C)C(=O)Nc1ccc(S(=O)(=O)NCc2ccc(C(=O)c3cccs3)s2)cc1. The molecule has 0 aliphatic rings. The number of nitrogens with one attached hydrogen (secondary N) is 2. The van der Waals surface area contributed by atoms with Crippen LogP contribution in [0.5, 0.6) is 0 Å².